The molecule has 1 aromatic heterocycles. The Morgan fingerprint density at radius 1 is 1.42 bits per heavy atom. The molecule has 2 aromatic rings. The highest BCUT2D eigenvalue weighted by Gasteiger charge is 2.16. The van der Waals surface area contributed by atoms with E-state index in [4.69, 9.17) is 5.73 Å². The smallest absolute Gasteiger partial charge is 0.272 e. The fourth-order valence-corrected chi connectivity index (χ4v) is 1.80. The van der Waals surface area contributed by atoms with E-state index in [-0.39, 0.29) is 5.91 Å². The SMILES string of the molecule is C=CCN(Cc1ccccc1)C(=O)c1cc(N)n[nH]1. The van der Waals surface area contributed by atoms with E-state index in [2.05, 4.69) is 16.8 Å². The topological polar surface area (TPSA) is 75.0 Å². The van der Waals surface area contributed by atoms with Gasteiger partial charge in [-0.05, 0) is 5.56 Å². The van der Waals surface area contributed by atoms with Crippen LogP contribution in [0.15, 0.2) is 49.1 Å². The Labute approximate surface area is 111 Å². The first-order valence-electron chi connectivity index (χ1n) is 5.95. The van der Waals surface area contributed by atoms with Crippen molar-refractivity contribution in [3.8, 4) is 0 Å². The van der Waals surface area contributed by atoms with Crippen LogP contribution in [0, 0.1) is 0 Å². The van der Waals surface area contributed by atoms with E-state index < -0.39 is 0 Å². The van der Waals surface area contributed by atoms with E-state index in [0.29, 0.717) is 24.6 Å². The lowest BCUT2D eigenvalue weighted by molar-refractivity contribution is 0.0757. The number of nitrogens with two attached hydrogens (primary N) is 1. The van der Waals surface area contributed by atoms with Gasteiger partial charge < -0.3 is 10.6 Å². The van der Waals surface area contributed by atoms with Crippen LogP contribution in [0.25, 0.3) is 0 Å². The van der Waals surface area contributed by atoms with E-state index in [1.54, 1.807) is 11.0 Å². The standard InChI is InChI=1S/C14H16N4O/c1-2-8-18(10-11-6-4-3-5-7-11)14(19)12-9-13(15)17-16-12/h2-7,9H,1,8,10H2,(H3,15,16,17). The first-order chi connectivity index (χ1) is 9.20. The highest BCUT2D eigenvalue weighted by atomic mass is 16.2. The predicted molar refractivity (Wildman–Crippen MR) is 74.4 cm³/mol. The van der Waals surface area contributed by atoms with Crippen molar-refractivity contribution in [2.75, 3.05) is 12.3 Å². The first kappa shape index (κ1) is 12.9. The molecule has 0 saturated carbocycles. The third-order valence-corrected chi connectivity index (χ3v) is 2.68. The van der Waals surface area contributed by atoms with Crippen molar-refractivity contribution >= 4 is 11.7 Å². The molecule has 1 heterocycles. The number of aromatic nitrogens is 2. The molecule has 5 nitrogen and oxygen atoms in total. The summed E-state index contributed by atoms with van der Waals surface area (Å²) in [6.07, 6.45) is 1.70. The van der Waals surface area contributed by atoms with Gasteiger partial charge in [0.15, 0.2) is 0 Å². The van der Waals surface area contributed by atoms with Gasteiger partial charge in [0.2, 0.25) is 0 Å². The summed E-state index contributed by atoms with van der Waals surface area (Å²) in [6, 6.07) is 11.3. The molecule has 1 aromatic carbocycles. The van der Waals surface area contributed by atoms with Gasteiger partial charge in [0.25, 0.3) is 5.91 Å². The fourth-order valence-electron chi connectivity index (χ4n) is 1.80. The molecule has 0 unspecified atom stereocenters. The van der Waals surface area contributed by atoms with Crippen LogP contribution in [0.5, 0.6) is 0 Å². The van der Waals surface area contributed by atoms with Crippen molar-refractivity contribution in [3.05, 3.63) is 60.3 Å². The van der Waals surface area contributed by atoms with Crippen LogP contribution in [0.1, 0.15) is 16.1 Å². The third-order valence-electron chi connectivity index (χ3n) is 2.68. The van der Waals surface area contributed by atoms with Crippen molar-refractivity contribution < 1.29 is 4.79 Å². The molecule has 0 spiro atoms. The van der Waals surface area contributed by atoms with E-state index >= 15 is 0 Å². The molecule has 0 aliphatic rings. The van der Waals surface area contributed by atoms with E-state index in [9.17, 15) is 4.79 Å². The Bertz CT molecular complexity index is 562. The van der Waals surface area contributed by atoms with Gasteiger partial charge in [-0.3, -0.25) is 9.89 Å². The number of hydrogen-bond donors (Lipinski definition) is 2. The summed E-state index contributed by atoms with van der Waals surface area (Å²) in [7, 11) is 0. The zero-order chi connectivity index (χ0) is 13.7. The molecule has 0 bridgehead atoms. The molecule has 2 rings (SSSR count). The fraction of sp³-hybridized carbons (Fsp3) is 0.143. The van der Waals surface area contributed by atoms with Crippen LogP contribution in [-0.4, -0.2) is 27.5 Å². The van der Waals surface area contributed by atoms with Crippen LogP contribution in [0.3, 0.4) is 0 Å². The lowest BCUT2D eigenvalue weighted by atomic mass is 10.2. The minimum Gasteiger partial charge on any atom is -0.382 e. The number of nitrogens with zero attached hydrogens (tertiary/aromatic N) is 2. The molecule has 0 aliphatic heterocycles. The molecule has 0 atom stereocenters. The summed E-state index contributed by atoms with van der Waals surface area (Å²) in [5.41, 5.74) is 6.95. The maximum Gasteiger partial charge on any atom is 0.272 e. The molecule has 0 aliphatic carbocycles. The number of rotatable bonds is 5. The summed E-state index contributed by atoms with van der Waals surface area (Å²) in [4.78, 5) is 14.0. The van der Waals surface area contributed by atoms with Crippen LogP contribution >= 0.6 is 0 Å². The van der Waals surface area contributed by atoms with Gasteiger partial charge in [-0.2, -0.15) is 5.10 Å². The summed E-state index contributed by atoms with van der Waals surface area (Å²) in [5, 5.41) is 6.40. The number of carbonyl (C=O) groups excluding carboxylic acids is 1. The Morgan fingerprint density at radius 2 is 2.16 bits per heavy atom. The minimum absolute atomic E-state index is 0.145. The minimum atomic E-state index is -0.145. The van der Waals surface area contributed by atoms with Crippen molar-refractivity contribution in [3.63, 3.8) is 0 Å². The highest BCUT2D eigenvalue weighted by molar-refractivity contribution is 5.93. The lowest BCUT2D eigenvalue weighted by Gasteiger charge is -2.20. The molecule has 1 amide bonds. The van der Waals surface area contributed by atoms with E-state index in [1.165, 1.54) is 6.07 Å². The van der Waals surface area contributed by atoms with Gasteiger partial charge in [0, 0.05) is 19.2 Å². The molecule has 0 saturated heterocycles. The molecular weight excluding hydrogens is 240 g/mol. The van der Waals surface area contributed by atoms with Crippen molar-refractivity contribution in [1.29, 1.82) is 0 Å². The second-order valence-electron chi connectivity index (χ2n) is 4.17. The number of anilines is 1. The summed E-state index contributed by atoms with van der Waals surface area (Å²) < 4.78 is 0. The maximum atomic E-state index is 12.3. The first-order valence-corrected chi connectivity index (χ1v) is 5.95. The Balaban J connectivity index is 2.15. The normalized spacial score (nSPS) is 10.1. The van der Waals surface area contributed by atoms with Gasteiger partial charge in [-0.1, -0.05) is 36.4 Å². The molecule has 98 valence electrons. The van der Waals surface area contributed by atoms with Crippen LogP contribution in [0.2, 0.25) is 0 Å². The van der Waals surface area contributed by atoms with Crippen LogP contribution in [-0.2, 0) is 6.54 Å². The van der Waals surface area contributed by atoms with Crippen LogP contribution < -0.4 is 5.73 Å². The average molecular weight is 256 g/mol. The van der Waals surface area contributed by atoms with Gasteiger partial charge in [-0.15, -0.1) is 6.58 Å². The highest BCUT2D eigenvalue weighted by Crippen LogP contribution is 2.10. The van der Waals surface area contributed by atoms with Crippen molar-refractivity contribution in [1.82, 2.24) is 15.1 Å². The quantitative estimate of drug-likeness (QED) is 0.801. The Morgan fingerprint density at radius 3 is 2.74 bits per heavy atom. The lowest BCUT2D eigenvalue weighted by Crippen LogP contribution is -2.31. The third kappa shape index (κ3) is 3.22. The maximum absolute atomic E-state index is 12.3. The number of nitrogens with one attached hydrogen (secondary N) is 1. The Hall–Kier alpha value is -2.56. The van der Waals surface area contributed by atoms with Gasteiger partial charge in [-0.25, -0.2) is 0 Å². The number of amides is 1. The summed E-state index contributed by atoms with van der Waals surface area (Å²) >= 11 is 0. The molecule has 3 N–H and O–H groups in total. The monoisotopic (exact) mass is 256 g/mol. The summed E-state index contributed by atoms with van der Waals surface area (Å²) in [5.74, 6) is 0.162. The summed E-state index contributed by atoms with van der Waals surface area (Å²) in [6.45, 7) is 4.66. The number of benzene rings is 1. The number of nitrogen functional groups attached to an aromatic ring is 1. The average Bonchev–Trinajstić information content (AvgIpc) is 2.85. The zero-order valence-electron chi connectivity index (χ0n) is 10.5. The van der Waals surface area contributed by atoms with Gasteiger partial charge >= 0.3 is 0 Å². The van der Waals surface area contributed by atoms with Crippen molar-refractivity contribution in [2.24, 2.45) is 0 Å². The molecular formula is C14H16N4O. The van der Waals surface area contributed by atoms with E-state index in [0.717, 1.165) is 5.56 Å². The van der Waals surface area contributed by atoms with E-state index in [1.807, 2.05) is 30.3 Å². The molecule has 19 heavy (non-hydrogen) atoms. The van der Waals surface area contributed by atoms with Gasteiger partial charge in [0.1, 0.15) is 11.5 Å². The molecule has 0 radical (unpaired) electrons. The number of hydrogen-bond acceptors (Lipinski definition) is 3. The molecule has 5 heteroatoms. The predicted octanol–water partition coefficient (Wildman–Crippen LogP) is 1.82. The number of H-pyrrole nitrogens is 1. The zero-order valence-corrected chi connectivity index (χ0v) is 10.5. The van der Waals surface area contributed by atoms with Gasteiger partial charge in [0.05, 0.1) is 0 Å². The second-order valence-corrected chi connectivity index (χ2v) is 4.17. The Kier molecular flexibility index (Phi) is 3.97. The number of carbonyl (C=O) groups is 1. The number of aromatic amines is 1. The largest absolute Gasteiger partial charge is 0.382 e. The van der Waals surface area contributed by atoms with Crippen LogP contribution in [0.4, 0.5) is 5.82 Å². The second kappa shape index (κ2) is 5.86. The van der Waals surface area contributed by atoms with Crippen molar-refractivity contribution in [2.45, 2.75) is 6.54 Å². The molecule has 0 fully saturated rings.